The first-order chi connectivity index (χ1) is 28.8. The molecule has 0 bridgehead atoms. The molecule has 0 spiro atoms. The first-order valence-corrected chi connectivity index (χ1v) is 23.3. The molecule has 2 saturated heterocycles. The van der Waals surface area contributed by atoms with Gasteiger partial charge in [0.25, 0.3) is 0 Å². The largest absolute Gasteiger partial charge is 0.491 e. The number of nitrogens with zero attached hydrogens (tertiary/aromatic N) is 2. The summed E-state index contributed by atoms with van der Waals surface area (Å²) in [6.07, 6.45) is 18.4. The summed E-state index contributed by atoms with van der Waals surface area (Å²) in [5.74, 6) is 1.88. The van der Waals surface area contributed by atoms with Crippen LogP contribution in [0.25, 0.3) is 33.0 Å². The summed E-state index contributed by atoms with van der Waals surface area (Å²) < 4.78 is 17.7. The van der Waals surface area contributed by atoms with Crippen LogP contribution >= 0.6 is 40.5 Å². The van der Waals surface area contributed by atoms with Gasteiger partial charge in [-0.2, -0.15) is 0 Å². The van der Waals surface area contributed by atoms with Crippen LogP contribution < -0.4 is 9.47 Å². The third kappa shape index (κ3) is 9.92. The van der Waals surface area contributed by atoms with Gasteiger partial charge in [0.05, 0.1) is 23.4 Å². The molecule has 6 nitrogen and oxygen atoms in total. The van der Waals surface area contributed by atoms with Crippen LogP contribution in [-0.4, -0.2) is 65.3 Å². The molecule has 4 aliphatic rings. The molecule has 4 aliphatic heterocycles. The van der Waals surface area contributed by atoms with Gasteiger partial charge in [-0.25, -0.2) is 0 Å². The van der Waals surface area contributed by atoms with Crippen molar-refractivity contribution in [3.63, 3.8) is 0 Å². The number of aromatic amines is 1. The van der Waals surface area contributed by atoms with Crippen molar-refractivity contribution in [3.8, 4) is 11.5 Å². The minimum Gasteiger partial charge on any atom is -0.491 e. The lowest BCUT2D eigenvalue weighted by atomic mass is 9.89. The molecule has 2 atom stereocenters. The van der Waals surface area contributed by atoms with Crippen molar-refractivity contribution in [1.82, 2.24) is 14.8 Å². The van der Waals surface area contributed by atoms with Gasteiger partial charge < -0.3 is 18.9 Å². The predicted molar refractivity (Wildman–Crippen MR) is 256 cm³/mol. The van der Waals surface area contributed by atoms with E-state index in [1.807, 2.05) is 38.3 Å². The number of rotatable bonds is 10. The number of benzene rings is 4. The monoisotopic (exact) mass is 903 g/mol. The number of para-hydroxylation sites is 1. The quantitative estimate of drug-likeness (QED) is 0.147. The number of hydrogen-bond donors (Lipinski definition) is 1. The van der Waals surface area contributed by atoms with Crippen molar-refractivity contribution in [2.45, 2.75) is 117 Å². The van der Waals surface area contributed by atoms with E-state index in [0.29, 0.717) is 6.04 Å². The Morgan fingerprint density at radius 1 is 0.667 bits per heavy atom. The van der Waals surface area contributed by atoms with E-state index in [9.17, 15) is 0 Å². The van der Waals surface area contributed by atoms with Crippen LogP contribution in [0.15, 0.2) is 134 Å². The maximum Gasteiger partial charge on any atom is 0.134 e. The fraction of sp³-hybridized carbons (Fsp3) is 0.373. The molecular weight excluding hydrogens is 847 g/mol. The van der Waals surface area contributed by atoms with Crippen LogP contribution in [-0.2, 0) is 0 Å². The van der Waals surface area contributed by atoms with Gasteiger partial charge in [-0.15, -0.1) is 17.0 Å². The second-order valence-corrected chi connectivity index (χ2v) is 19.2. The Labute approximate surface area is 374 Å². The van der Waals surface area contributed by atoms with E-state index < -0.39 is 0 Å². The van der Waals surface area contributed by atoms with Crippen LogP contribution in [0, 0.1) is 0 Å². The topological polar surface area (TPSA) is 53.9 Å². The van der Waals surface area contributed by atoms with Crippen LogP contribution in [0.5, 0.6) is 11.5 Å². The highest BCUT2D eigenvalue weighted by atomic mass is 79.9. The zero-order valence-electron chi connectivity index (χ0n) is 35.3. The highest BCUT2D eigenvalue weighted by molar-refractivity contribution is 8.93. The van der Waals surface area contributed by atoms with Crippen molar-refractivity contribution < 1.29 is 13.9 Å². The Morgan fingerprint density at radius 3 is 2.08 bits per heavy atom. The molecule has 314 valence electrons. The Kier molecular flexibility index (Phi) is 13.9. The summed E-state index contributed by atoms with van der Waals surface area (Å²) in [4.78, 5) is 13.6. The summed E-state index contributed by atoms with van der Waals surface area (Å²) >= 11 is 3.56. The minimum absolute atomic E-state index is 0. The Balaban J connectivity index is 0.000000164. The molecule has 0 saturated carbocycles. The summed E-state index contributed by atoms with van der Waals surface area (Å²) in [7, 11) is 0. The predicted octanol–water partition coefficient (Wildman–Crippen LogP) is 13.9. The van der Waals surface area contributed by atoms with E-state index in [4.69, 9.17) is 13.9 Å². The third-order valence-electron chi connectivity index (χ3n) is 12.1. The van der Waals surface area contributed by atoms with Gasteiger partial charge in [-0.3, -0.25) is 9.80 Å². The molecule has 10 rings (SSSR count). The van der Waals surface area contributed by atoms with Crippen LogP contribution in [0.1, 0.15) is 83.8 Å². The van der Waals surface area contributed by atoms with Gasteiger partial charge >= 0.3 is 0 Å². The number of ether oxygens (including phenoxy) is 2. The summed E-state index contributed by atoms with van der Waals surface area (Å²) in [5.41, 5.74) is 7.80. The molecule has 4 aromatic carbocycles. The van der Waals surface area contributed by atoms with E-state index in [-0.39, 0.29) is 29.2 Å². The number of H-pyrrole nitrogens is 1. The van der Waals surface area contributed by atoms with Gasteiger partial charge in [-0.1, -0.05) is 54.2 Å². The third-order valence-corrected chi connectivity index (χ3v) is 14.1. The maximum atomic E-state index is 6.01. The Bertz CT molecular complexity index is 2450. The Morgan fingerprint density at radius 2 is 1.32 bits per heavy atom. The second-order valence-electron chi connectivity index (χ2n) is 17.0. The SMILES string of the molecule is Br.CC(C)Oc1ccc(Sc2ccc3occ(C4=CCN5CCCCC5C4)c3c2)cc1.CC(C)Oc1ccccc1Sc1ccc2[nH]cc(C3=CCN4CCCC4C3)c2c1. The van der Waals surface area contributed by atoms with Gasteiger partial charge in [0.15, 0.2) is 0 Å². The average molecular weight is 905 g/mol. The zero-order chi connectivity index (χ0) is 40.3. The van der Waals surface area contributed by atoms with Gasteiger partial charge in [0.1, 0.15) is 17.1 Å². The van der Waals surface area contributed by atoms with Crippen molar-refractivity contribution in [3.05, 3.63) is 121 Å². The maximum absolute atomic E-state index is 6.01. The van der Waals surface area contributed by atoms with Gasteiger partial charge in [-0.05, 0) is 163 Å². The molecule has 0 radical (unpaired) electrons. The lowest BCUT2D eigenvalue weighted by molar-refractivity contribution is 0.161. The molecule has 6 heterocycles. The average Bonchev–Trinajstić information content (AvgIpc) is 4.00. The lowest BCUT2D eigenvalue weighted by Crippen LogP contribution is -2.41. The van der Waals surface area contributed by atoms with E-state index in [1.54, 1.807) is 23.5 Å². The van der Waals surface area contributed by atoms with Crippen molar-refractivity contribution in [2.24, 2.45) is 0 Å². The molecule has 1 N–H and O–H groups in total. The molecule has 0 aliphatic carbocycles. The van der Waals surface area contributed by atoms with Crippen LogP contribution in [0.2, 0.25) is 0 Å². The number of aromatic nitrogens is 1. The first kappa shape index (κ1) is 42.8. The molecule has 9 heteroatoms. The van der Waals surface area contributed by atoms with E-state index >= 15 is 0 Å². The summed E-state index contributed by atoms with van der Waals surface area (Å²) in [5, 5.41) is 2.56. The van der Waals surface area contributed by atoms with E-state index in [0.717, 1.165) is 47.5 Å². The minimum atomic E-state index is 0. The normalized spacial score (nSPS) is 19.3. The lowest BCUT2D eigenvalue weighted by Gasteiger charge is -2.38. The number of halogens is 1. The highest BCUT2D eigenvalue weighted by Gasteiger charge is 2.29. The van der Waals surface area contributed by atoms with Crippen molar-refractivity contribution >= 4 is 73.5 Å². The number of piperidine rings is 1. The molecule has 0 amide bonds. The number of hydrogen-bond acceptors (Lipinski definition) is 7. The standard InChI is InChI=1S/C26H29NO2S.C25H28N2OS.BrH/c1-18(2)29-21-6-8-22(9-7-21)30-23-10-11-26-24(16-23)25(17-28-26)19-12-14-27-13-4-3-5-20(27)15-19;1-17(2)28-24-7-3-4-8-25(24)29-20-9-10-23-21(15-20)22(16-26-23)18-11-13-27-12-5-6-19(27)14-18;/h6-12,16-18,20H,3-5,13-15H2,1-2H3;3-4,7-11,15-17,19,26H,5-6,12-14H2,1-2H3;1H. The molecule has 60 heavy (non-hydrogen) atoms. The Hall–Kier alpha value is -3.86. The van der Waals surface area contributed by atoms with Crippen molar-refractivity contribution in [2.75, 3.05) is 26.2 Å². The van der Waals surface area contributed by atoms with Gasteiger partial charge in [0.2, 0.25) is 0 Å². The first-order valence-electron chi connectivity index (χ1n) is 21.7. The number of fused-ring (bicyclic) bond motifs is 4. The smallest absolute Gasteiger partial charge is 0.134 e. The molecule has 6 aromatic rings. The summed E-state index contributed by atoms with van der Waals surface area (Å²) in [6.45, 7) is 12.9. The molecule has 2 fully saturated rings. The molecule has 2 aromatic heterocycles. The fourth-order valence-electron chi connectivity index (χ4n) is 9.22. The second kappa shape index (κ2) is 19.5. The summed E-state index contributed by atoms with van der Waals surface area (Å²) in [6, 6.07) is 31.4. The molecule has 2 unspecified atom stereocenters. The number of furan rings is 1. The molecular formula is C51H58BrN3O3S2. The van der Waals surface area contributed by atoms with Crippen LogP contribution in [0.4, 0.5) is 0 Å². The van der Waals surface area contributed by atoms with E-state index in [1.165, 1.54) is 105 Å². The van der Waals surface area contributed by atoms with Crippen molar-refractivity contribution in [1.29, 1.82) is 0 Å². The zero-order valence-corrected chi connectivity index (χ0v) is 38.7. The highest BCUT2D eigenvalue weighted by Crippen LogP contribution is 2.41. The van der Waals surface area contributed by atoms with Crippen LogP contribution in [0.3, 0.4) is 0 Å². The number of nitrogens with one attached hydrogen (secondary N) is 1. The van der Waals surface area contributed by atoms with Gasteiger partial charge in [0, 0.05) is 73.5 Å². The fourth-order valence-corrected chi connectivity index (χ4v) is 11.0. The van der Waals surface area contributed by atoms with E-state index in [2.05, 4.69) is 114 Å².